The van der Waals surface area contributed by atoms with Gasteiger partial charge in [0, 0.05) is 61.2 Å². The summed E-state index contributed by atoms with van der Waals surface area (Å²) >= 11 is 0. The van der Waals surface area contributed by atoms with E-state index in [4.69, 9.17) is 9.97 Å². The fraction of sp³-hybridized carbons (Fsp3) is 0.0345. The number of hydrogen-bond acceptors (Lipinski definition) is 2. The molecular weight excluding hydrogens is 767 g/mol. The van der Waals surface area contributed by atoms with E-state index in [1.807, 2.05) is 12.3 Å². The molecule has 0 fully saturated rings. The summed E-state index contributed by atoms with van der Waals surface area (Å²) in [5.41, 5.74) is 13.8. The molecule has 12 aromatic rings. The van der Waals surface area contributed by atoms with Crippen molar-refractivity contribution >= 4 is 66.7 Å². The summed E-state index contributed by atoms with van der Waals surface area (Å²) in [4.78, 5) is 10.1. The summed E-state index contributed by atoms with van der Waals surface area (Å²) in [7, 11) is 0. The third kappa shape index (κ3) is 5.63. The maximum atomic E-state index is 5.22. The fourth-order valence-electron chi connectivity index (χ4n) is 10.2. The Hall–Kier alpha value is -8.28. The van der Waals surface area contributed by atoms with Crippen molar-refractivity contribution in [3.05, 3.63) is 223 Å². The van der Waals surface area contributed by atoms with Crippen LogP contribution in [0.2, 0.25) is 0 Å². The first-order valence-corrected chi connectivity index (χ1v) is 21.7. The Morgan fingerprint density at radius 2 is 1.00 bits per heavy atom. The van der Waals surface area contributed by atoms with Gasteiger partial charge in [-0.1, -0.05) is 140 Å². The molecule has 1 unspecified atom stereocenters. The molecule has 0 bridgehead atoms. The highest BCUT2D eigenvalue weighted by molar-refractivity contribution is 6.12. The van der Waals surface area contributed by atoms with Gasteiger partial charge in [0.25, 0.3) is 0 Å². The molecule has 8 aromatic carbocycles. The number of hydrogen-bond donors (Lipinski definition) is 0. The minimum atomic E-state index is 0.185. The fourth-order valence-corrected chi connectivity index (χ4v) is 10.2. The molecule has 4 aromatic heterocycles. The predicted octanol–water partition coefficient (Wildman–Crippen LogP) is 12.7. The van der Waals surface area contributed by atoms with Crippen LogP contribution in [-0.2, 0) is 0 Å². The van der Waals surface area contributed by atoms with E-state index in [0.717, 1.165) is 45.5 Å². The summed E-state index contributed by atoms with van der Waals surface area (Å²) in [5.74, 6) is 0.858. The first-order valence-electron chi connectivity index (χ1n) is 21.7. The van der Waals surface area contributed by atoms with Crippen molar-refractivity contribution in [1.29, 1.82) is 0 Å². The van der Waals surface area contributed by atoms with Crippen molar-refractivity contribution < 1.29 is 0 Å². The van der Waals surface area contributed by atoms with Gasteiger partial charge in [0.15, 0.2) is 0 Å². The van der Waals surface area contributed by atoms with E-state index in [9.17, 15) is 0 Å². The molecule has 0 saturated heterocycles. The summed E-state index contributed by atoms with van der Waals surface area (Å²) in [6, 6.07) is 72.1. The van der Waals surface area contributed by atoms with Gasteiger partial charge < -0.3 is 9.13 Å². The predicted molar refractivity (Wildman–Crippen MR) is 260 cm³/mol. The zero-order valence-electron chi connectivity index (χ0n) is 34.3. The van der Waals surface area contributed by atoms with Crippen molar-refractivity contribution in [3.8, 4) is 39.7 Å². The average Bonchev–Trinajstić information content (AvgIpc) is 3.99. The molecule has 5 nitrogen and oxygen atoms in total. The van der Waals surface area contributed by atoms with Gasteiger partial charge >= 0.3 is 0 Å². The van der Waals surface area contributed by atoms with Gasteiger partial charge in [-0.2, -0.15) is 0 Å². The minimum absolute atomic E-state index is 0.185. The zero-order chi connectivity index (χ0) is 41.4. The van der Waals surface area contributed by atoms with Crippen LogP contribution in [0.25, 0.3) is 106 Å². The maximum Gasteiger partial charge on any atom is 0.235 e. The topological polar surface area (TPSA) is 40.6 Å². The van der Waals surface area contributed by atoms with Crippen LogP contribution in [0.4, 0.5) is 0 Å². The first-order chi connectivity index (χ1) is 31.2. The maximum absolute atomic E-state index is 5.22. The molecule has 0 radical (unpaired) electrons. The van der Waals surface area contributed by atoms with Crippen LogP contribution >= 0.6 is 0 Å². The third-order valence-corrected chi connectivity index (χ3v) is 13.0. The minimum Gasteiger partial charge on any atom is -0.309 e. The average molecular weight is 806 g/mol. The van der Waals surface area contributed by atoms with Gasteiger partial charge in [-0.25, -0.2) is 9.97 Å². The van der Waals surface area contributed by atoms with Gasteiger partial charge in [0.1, 0.15) is 0 Å². The van der Waals surface area contributed by atoms with E-state index in [1.54, 1.807) is 0 Å². The Morgan fingerprint density at radius 1 is 0.413 bits per heavy atom. The largest absolute Gasteiger partial charge is 0.309 e. The lowest BCUT2D eigenvalue weighted by Gasteiger charge is -2.15. The number of para-hydroxylation sites is 4. The smallest absolute Gasteiger partial charge is 0.235 e. The second-order valence-corrected chi connectivity index (χ2v) is 16.6. The Labute approximate surface area is 363 Å². The zero-order valence-corrected chi connectivity index (χ0v) is 34.3. The molecule has 63 heavy (non-hydrogen) atoms. The molecule has 0 N–H and O–H groups in total. The molecule has 0 aliphatic heterocycles. The molecular formula is C58H39N5. The molecule has 1 aliphatic carbocycles. The summed E-state index contributed by atoms with van der Waals surface area (Å²) in [6.45, 7) is 0. The molecule has 13 rings (SSSR count). The van der Waals surface area contributed by atoms with Crippen molar-refractivity contribution in [2.45, 2.75) is 12.3 Å². The molecule has 0 saturated carbocycles. The van der Waals surface area contributed by atoms with Gasteiger partial charge in [0.05, 0.1) is 38.6 Å². The van der Waals surface area contributed by atoms with E-state index >= 15 is 0 Å². The summed E-state index contributed by atoms with van der Waals surface area (Å²) < 4.78 is 7.08. The van der Waals surface area contributed by atoms with E-state index in [1.165, 1.54) is 65.3 Å². The molecule has 5 heteroatoms. The van der Waals surface area contributed by atoms with Crippen LogP contribution < -0.4 is 10.6 Å². The number of aromatic nitrogens is 5. The number of nitrogens with zero attached hydrogens (tertiary/aromatic N) is 5. The van der Waals surface area contributed by atoms with Crippen molar-refractivity contribution in [1.82, 2.24) is 23.7 Å². The lowest BCUT2D eigenvalue weighted by atomic mass is 9.90. The van der Waals surface area contributed by atoms with Crippen LogP contribution in [0.1, 0.15) is 17.9 Å². The highest BCUT2D eigenvalue weighted by Gasteiger charge is 2.21. The van der Waals surface area contributed by atoms with Crippen molar-refractivity contribution in [2.75, 3.05) is 0 Å². The normalized spacial score (nSPS) is 13.7. The van der Waals surface area contributed by atoms with Gasteiger partial charge in [0.2, 0.25) is 5.95 Å². The van der Waals surface area contributed by atoms with Crippen LogP contribution in [0.15, 0.2) is 206 Å². The molecule has 4 heterocycles. The van der Waals surface area contributed by atoms with E-state index < -0.39 is 0 Å². The van der Waals surface area contributed by atoms with Crippen LogP contribution in [0, 0.1) is 0 Å². The highest BCUT2D eigenvalue weighted by Crippen LogP contribution is 2.39. The molecule has 296 valence electrons. The quantitative estimate of drug-likeness (QED) is 0.168. The third-order valence-electron chi connectivity index (χ3n) is 13.0. The van der Waals surface area contributed by atoms with E-state index in [-0.39, 0.29) is 5.92 Å². The number of rotatable bonds is 6. The van der Waals surface area contributed by atoms with Gasteiger partial charge in [-0.3, -0.25) is 4.57 Å². The SMILES string of the molecule is C1=c2c(n(-c3nccc(-c4cccc(-c5ccccc5)c4)n3)c3ccccc23)=CCC1c1ccc2c(c1)c1cc(-n3c4ccccc4c4ccccc43)ccc1n2-c1ccccc1. The van der Waals surface area contributed by atoms with Gasteiger partial charge in [-0.15, -0.1) is 0 Å². The second-order valence-electron chi connectivity index (χ2n) is 16.6. The summed E-state index contributed by atoms with van der Waals surface area (Å²) in [5, 5.41) is 8.57. The molecule has 0 amide bonds. The Bertz CT molecular complexity index is 3840. The Morgan fingerprint density at radius 3 is 1.76 bits per heavy atom. The lowest BCUT2D eigenvalue weighted by molar-refractivity contribution is 0.887. The summed E-state index contributed by atoms with van der Waals surface area (Å²) in [6.07, 6.45) is 7.61. The molecule has 1 aliphatic rings. The standard InChI is InChI=1S/C58H39N5/c1-3-14-38(15-4-1)39-16-13-17-42(34-39)51-32-33-59-58(60-51)63-54-25-12-9-22-47(54)48-35-40(27-30-57(48)63)41-26-29-55-49(36-41)50-37-44(28-31-56(50)61(55)43-18-5-2-6-19-43)62-52-23-10-7-20-45(52)46-21-8-11-24-53(46)62/h1-26,28-37,40H,27H2. The van der Waals surface area contributed by atoms with E-state index in [0.29, 0.717) is 5.95 Å². The van der Waals surface area contributed by atoms with Crippen LogP contribution in [0.3, 0.4) is 0 Å². The number of benzene rings is 8. The van der Waals surface area contributed by atoms with Crippen molar-refractivity contribution in [3.63, 3.8) is 0 Å². The monoisotopic (exact) mass is 805 g/mol. The van der Waals surface area contributed by atoms with Crippen molar-refractivity contribution in [2.24, 2.45) is 0 Å². The van der Waals surface area contributed by atoms with Crippen LogP contribution in [-0.4, -0.2) is 23.7 Å². The second kappa shape index (κ2) is 14.2. The molecule has 1 atom stereocenters. The first kappa shape index (κ1) is 35.5. The molecule has 0 spiro atoms. The Balaban J connectivity index is 0.954. The van der Waals surface area contributed by atoms with E-state index in [2.05, 4.69) is 220 Å². The Kier molecular flexibility index (Phi) is 7.97. The number of fused-ring (bicyclic) bond motifs is 9. The van der Waals surface area contributed by atoms with Crippen LogP contribution in [0.5, 0.6) is 0 Å². The van der Waals surface area contributed by atoms with Gasteiger partial charge in [-0.05, 0) is 95.9 Å². The lowest BCUT2D eigenvalue weighted by Crippen LogP contribution is -2.32. The highest BCUT2D eigenvalue weighted by atomic mass is 15.2.